The molecule has 4 atom stereocenters. The van der Waals surface area contributed by atoms with Crippen molar-refractivity contribution in [1.29, 1.82) is 0 Å². The van der Waals surface area contributed by atoms with Crippen molar-refractivity contribution in [3.05, 3.63) is 34.7 Å². The number of fused-ring (bicyclic) bond motifs is 1. The van der Waals surface area contributed by atoms with Gasteiger partial charge >= 0.3 is 0 Å². The van der Waals surface area contributed by atoms with Crippen LogP contribution in [-0.2, 0) is 4.79 Å². The van der Waals surface area contributed by atoms with Crippen LogP contribution in [0.3, 0.4) is 0 Å². The van der Waals surface area contributed by atoms with Gasteiger partial charge in [0.2, 0.25) is 5.91 Å². The fraction of sp³-hybridized carbons (Fsp3) is 0.474. The van der Waals surface area contributed by atoms with E-state index in [2.05, 4.69) is 38.1 Å². The van der Waals surface area contributed by atoms with Crippen molar-refractivity contribution in [3.63, 3.8) is 0 Å². The lowest BCUT2D eigenvalue weighted by Gasteiger charge is -2.36. The Labute approximate surface area is 165 Å². The molecule has 4 rings (SSSR count). The molecule has 2 aliphatic rings. The van der Waals surface area contributed by atoms with Crippen molar-refractivity contribution in [2.75, 3.05) is 13.1 Å². The SMILES string of the molecule is CC1CC1C(=O)N1CC[C@H](NC(=O)c2ccc3cncc(Br)c3n2)[C@@H](O)C1. The van der Waals surface area contributed by atoms with Crippen LogP contribution in [0.15, 0.2) is 29.0 Å². The molecule has 142 valence electrons. The molecule has 0 radical (unpaired) electrons. The number of likely N-dealkylation sites (tertiary alicyclic amines) is 1. The van der Waals surface area contributed by atoms with Crippen molar-refractivity contribution in [3.8, 4) is 0 Å². The highest BCUT2D eigenvalue weighted by molar-refractivity contribution is 9.10. The first kappa shape index (κ1) is 18.3. The van der Waals surface area contributed by atoms with E-state index in [1.807, 2.05) is 0 Å². The Balaban J connectivity index is 1.41. The van der Waals surface area contributed by atoms with Crippen LogP contribution in [0, 0.1) is 11.8 Å². The Morgan fingerprint density at radius 1 is 1.33 bits per heavy atom. The van der Waals surface area contributed by atoms with Crippen LogP contribution in [0.25, 0.3) is 10.9 Å². The van der Waals surface area contributed by atoms with Gasteiger partial charge in [0.1, 0.15) is 5.69 Å². The summed E-state index contributed by atoms with van der Waals surface area (Å²) in [7, 11) is 0. The number of carbonyl (C=O) groups excluding carboxylic acids is 2. The third-order valence-electron chi connectivity index (χ3n) is 5.42. The molecule has 2 N–H and O–H groups in total. The smallest absolute Gasteiger partial charge is 0.270 e. The summed E-state index contributed by atoms with van der Waals surface area (Å²) in [5.41, 5.74) is 0.948. The Hall–Kier alpha value is -2.06. The molecule has 1 aliphatic heterocycles. The summed E-state index contributed by atoms with van der Waals surface area (Å²) in [6.45, 7) is 2.87. The summed E-state index contributed by atoms with van der Waals surface area (Å²) in [4.78, 5) is 35.1. The van der Waals surface area contributed by atoms with E-state index in [1.54, 1.807) is 29.4 Å². The molecule has 3 heterocycles. The number of rotatable bonds is 3. The fourth-order valence-corrected chi connectivity index (χ4v) is 4.01. The summed E-state index contributed by atoms with van der Waals surface area (Å²) < 4.78 is 0.718. The second-order valence-corrected chi connectivity index (χ2v) is 8.28. The van der Waals surface area contributed by atoms with Crippen molar-refractivity contribution in [1.82, 2.24) is 20.2 Å². The monoisotopic (exact) mass is 432 g/mol. The predicted molar refractivity (Wildman–Crippen MR) is 103 cm³/mol. The number of nitrogens with one attached hydrogen (secondary N) is 1. The lowest BCUT2D eigenvalue weighted by Crippen LogP contribution is -2.55. The second kappa shape index (κ2) is 7.16. The van der Waals surface area contributed by atoms with Crippen LogP contribution in [0.5, 0.6) is 0 Å². The number of aliphatic hydroxyl groups excluding tert-OH is 1. The van der Waals surface area contributed by atoms with Crippen LogP contribution < -0.4 is 5.32 Å². The highest BCUT2D eigenvalue weighted by Gasteiger charge is 2.43. The summed E-state index contributed by atoms with van der Waals surface area (Å²) in [5, 5.41) is 14.1. The number of aromatic nitrogens is 2. The molecule has 27 heavy (non-hydrogen) atoms. The fourth-order valence-electron chi connectivity index (χ4n) is 3.58. The second-order valence-electron chi connectivity index (χ2n) is 7.43. The first-order valence-corrected chi connectivity index (χ1v) is 9.91. The van der Waals surface area contributed by atoms with Gasteiger partial charge in [-0.2, -0.15) is 0 Å². The number of amides is 2. The Kier molecular flexibility index (Phi) is 4.86. The van der Waals surface area contributed by atoms with Crippen molar-refractivity contribution in [2.24, 2.45) is 11.8 Å². The van der Waals surface area contributed by atoms with Crippen LogP contribution in [0.2, 0.25) is 0 Å². The van der Waals surface area contributed by atoms with Crippen molar-refractivity contribution in [2.45, 2.75) is 31.9 Å². The molecule has 1 saturated heterocycles. The van der Waals surface area contributed by atoms with Gasteiger partial charge in [0, 0.05) is 36.8 Å². The Morgan fingerprint density at radius 3 is 2.81 bits per heavy atom. The summed E-state index contributed by atoms with van der Waals surface area (Å²) >= 11 is 3.40. The molecule has 2 amide bonds. The maximum atomic E-state index is 12.6. The molecule has 2 unspecified atom stereocenters. The number of piperidine rings is 1. The van der Waals surface area contributed by atoms with Gasteiger partial charge in [-0.3, -0.25) is 14.6 Å². The molecule has 1 saturated carbocycles. The highest BCUT2D eigenvalue weighted by Crippen LogP contribution is 2.39. The summed E-state index contributed by atoms with van der Waals surface area (Å²) in [5.74, 6) is 0.347. The summed E-state index contributed by atoms with van der Waals surface area (Å²) in [6, 6.07) is 3.05. The minimum Gasteiger partial charge on any atom is -0.389 e. The molecule has 0 spiro atoms. The first-order chi connectivity index (χ1) is 12.9. The Morgan fingerprint density at radius 2 is 2.11 bits per heavy atom. The summed E-state index contributed by atoms with van der Waals surface area (Å²) in [6.07, 6.45) is 4.00. The molecule has 7 nitrogen and oxygen atoms in total. The topological polar surface area (TPSA) is 95.4 Å². The molecule has 0 aromatic carbocycles. The van der Waals surface area contributed by atoms with Crippen molar-refractivity contribution >= 4 is 38.6 Å². The van der Waals surface area contributed by atoms with Crippen molar-refractivity contribution < 1.29 is 14.7 Å². The van der Waals surface area contributed by atoms with Gasteiger partial charge in [-0.15, -0.1) is 0 Å². The van der Waals surface area contributed by atoms with E-state index in [0.717, 1.165) is 16.3 Å². The molecule has 2 aromatic heterocycles. The van der Waals surface area contributed by atoms with E-state index in [4.69, 9.17) is 0 Å². The van der Waals surface area contributed by atoms with Crippen LogP contribution >= 0.6 is 15.9 Å². The van der Waals surface area contributed by atoms with E-state index in [0.29, 0.717) is 24.4 Å². The number of halogens is 1. The number of aliphatic hydroxyl groups is 1. The number of pyridine rings is 2. The van der Waals surface area contributed by atoms with Gasteiger partial charge in [0.05, 0.1) is 22.1 Å². The molecule has 1 aliphatic carbocycles. The average Bonchev–Trinajstić information content (AvgIpc) is 3.39. The van der Waals surface area contributed by atoms with Crippen LogP contribution in [-0.4, -0.2) is 57.0 Å². The standard InChI is InChI=1S/C19H21BrN4O3/c1-10-6-12(10)19(27)24-5-4-14(16(25)9-24)23-18(26)15-3-2-11-7-21-8-13(20)17(11)22-15/h2-3,7-8,10,12,14,16,25H,4-6,9H2,1H3,(H,23,26)/t10?,12?,14-,16-/m0/s1. The maximum Gasteiger partial charge on any atom is 0.270 e. The van der Waals surface area contributed by atoms with E-state index >= 15 is 0 Å². The number of carbonyl (C=O) groups is 2. The van der Waals surface area contributed by atoms with Gasteiger partial charge in [-0.25, -0.2) is 4.98 Å². The first-order valence-electron chi connectivity index (χ1n) is 9.12. The molecule has 0 bridgehead atoms. The molecule has 2 fully saturated rings. The third-order valence-corrected chi connectivity index (χ3v) is 6.00. The lowest BCUT2D eigenvalue weighted by molar-refractivity contribution is -0.136. The maximum absolute atomic E-state index is 12.6. The molecule has 2 aromatic rings. The molecular formula is C19H21BrN4O3. The number of β-amino-alcohol motifs (C(OH)–C–C–N with tert-alkyl or cyclic N) is 1. The number of hydrogen-bond acceptors (Lipinski definition) is 5. The minimum atomic E-state index is -0.780. The van der Waals surface area contributed by atoms with Gasteiger partial charge in [-0.1, -0.05) is 6.92 Å². The van der Waals surface area contributed by atoms with E-state index in [1.165, 1.54) is 0 Å². The quantitative estimate of drug-likeness (QED) is 0.769. The van der Waals surface area contributed by atoms with Gasteiger partial charge < -0.3 is 15.3 Å². The van der Waals surface area contributed by atoms with Crippen LogP contribution in [0.1, 0.15) is 30.3 Å². The lowest BCUT2D eigenvalue weighted by atomic mass is 10.0. The van der Waals surface area contributed by atoms with Gasteiger partial charge in [0.25, 0.3) is 5.91 Å². The minimum absolute atomic E-state index is 0.109. The van der Waals surface area contributed by atoms with Gasteiger partial charge in [-0.05, 0) is 46.8 Å². The third kappa shape index (κ3) is 3.68. The van der Waals surface area contributed by atoms with Crippen LogP contribution in [0.4, 0.5) is 0 Å². The zero-order chi connectivity index (χ0) is 19.1. The number of nitrogens with zero attached hydrogens (tertiary/aromatic N) is 3. The normalized spacial score (nSPS) is 27.4. The zero-order valence-electron chi connectivity index (χ0n) is 14.9. The van der Waals surface area contributed by atoms with E-state index in [9.17, 15) is 14.7 Å². The predicted octanol–water partition coefficient (Wildman–Crippen LogP) is 1.74. The highest BCUT2D eigenvalue weighted by atomic mass is 79.9. The average molecular weight is 433 g/mol. The molecule has 8 heteroatoms. The Bertz CT molecular complexity index is 906. The van der Waals surface area contributed by atoms with E-state index < -0.39 is 12.1 Å². The molecular weight excluding hydrogens is 412 g/mol. The zero-order valence-corrected chi connectivity index (χ0v) is 16.5. The van der Waals surface area contributed by atoms with E-state index in [-0.39, 0.29) is 30.0 Å². The largest absolute Gasteiger partial charge is 0.389 e. The number of hydrogen-bond donors (Lipinski definition) is 2. The van der Waals surface area contributed by atoms with Gasteiger partial charge in [0.15, 0.2) is 0 Å².